The summed E-state index contributed by atoms with van der Waals surface area (Å²) in [5.41, 5.74) is 10.5. The first-order valence-electron chi connectivity index (χ1n) is 5.59. The molecular weight excluding hydrogens is 242 g/mol. The summed E-state index contributed by atoms with van der Waals surface area (Å²) >= 11 is 0. The number of amides is 1. The van der Waals surface area contributed by atoms with E-state index in [1.807, 2.05) is 0 Å². The van der Waals surface area contributed by atoms with Gasteiger partial charge in [-0.25, -0.2) is 4.79 Å². The van der Waals surface area contributed by atoms with E-state index in [-0.39, 0.29) is 19.3 Å². The molecule has 0 aliphatic rings. The quantitative estimate of drug-likeness (QED) is 0.337. The van der Waals surface area contributed by atoms with Gasteiger partial charge in [0.05, 0.1) is 0 Å². The van der Waals surface area contributed by atoms with Gasteiger partial charge < -0.3 is 27.0 Å². The summed E-state index contributed by atoms with van der Waals surface area (Å²) in [5.74, 6) is -2.86. The lowest BCUT2D eigenvalue weighted by molar-refractivity contribution is -0.142. The van der Waals surface area contributed by atoms with E-state index >= 15 is 0 Å². The second kappa shape index (κ2) is 8.43. The number of carbonyl (C=O) groups excluding carboxylic acids is 1. The van der Waals surface area contributed by atoms with E-state index in [0.29, 0.717) is 13.0 Å². The van der Waals surface area contributed by atoms with Crippen LogP contribution in [0.25, 0.3) is 0 Å². The predicted octanol–water partition coefficient (Wildman–Crippen LogP) is -1.51. The zero-order valence-corrected chi connectivity index (χ0v) is 9.96. The first kappa shape index (κ1) is 16.3. The van der Waals surface area contributed by atoms with Gasteiger partial charge in [-0.15, -0.1) is 0 Å². The van der Waals surface area contributed by atoms with E-state index in [0.717, 1.165) is 0 Å². The lowest BCUT2D eigenvalue weighted by atomic mass is 10.1. The molecule has 0 unspecified atom stereocenters. The summed E-state index contributed by atoms with van der Waals surface area (Å²) in [6, 6.07) is -2.12. The maximum atomic E-state index is 11.4. The minimum absolute atomic E-state index is 0.0373. The molecule has 104 valence electrons. The van der Waals surface area contributed by atoms with Crippen molar-refractivity contribution in [2.75, 3.05) is 6.54 Å². The number of rotatable bonds is 9. The van der Waals surface area contributed by atoms with Gasteiger partial charge in [-0.1, -0.05) is 0 Å². The van der Waals surface area contributed by atoms with Crippen LogP contribution < -0.4 is 16.8 Å². The van der Waals surface area contributed by atoms with E-state index in [1.165, 1.54) is 0 Å². The van der Waals surface area contributed by atoms with Crippen molar-refractivity contribution < 1.29 is 24.6 Å². The maximum Gasteiger partial charge on any atom is 0.326 e. The van der Waals surface area contributed by atoms with Crippen molar-refractivity contribution in [3.63, 3.8) is 0 Å². The van der Waals surface area contributed by atoms with Gasteiger partial charge in [0, 0.05) is 6.42 Å². The van der Waals surface area contributed by atoms with Crippen LogP contribution in [0.2, 0.25) is 0 Å². The first-order chi connectivity index (χ1) is 8.38. The Labute approximate surface area is 104 Å². The topological polar surface area (TPSA) is 156 Å². The molecule has 0 rings (SSSR count). The second-order valence-electron chi connectivity index (χ2n) is 3.87. The first-order valence-corrected chi connectivity index (χ1v) is 5.59. The maximum absolute atomic E-state index is 11.4. The highest BCUT2D eigenvalue weighted by molar-refractivity contribution is 5.84. The van der Waals surface area contributed by atoms with E-state index in [2.05, 4.69) is 5.32 Å². The van der Waals surface area contributed by atoms with E-state index in [1.54, 1.807) is 0 Å². The molecule has 0 aliphatic heterocycles. The SMILES string of the molecule is NCCC[C@@H](NC(=O)CC[C@H](N)C(=O)O)C(=O)O. The summed E-state index contributed by atoms with van der Waals surface area (Å²) in [5, 5.41) is 19.7. The van der Waals surface area contributed by atoms with Gasteiger partial charge >= 0.3 is 11.9 Å². The van der Waals surface area contributed by atoms with Crippen LogP contribution in [0.3, 0.4) is 0 Å². The third kappa shape index (κ3) is 6.81. The average Bonchev–Trinajstić information content (AvgIpc) is 2.30. The molecule has 0 aromatic carbocycles. The van der Waals surface area contributed by atoms with Gasteiger partial charge in [0.1, 0.15) is 12.1 Å². The molecule has 1 amide bonds. The van der Waals surface area contributed by atoms with Crippen LogP contribution in [-0.4, -0.2) is 46.7 Å². The summed E-state index contributed by atoms with van der Waals surface area (Å²) < 4.78 is 0. The molecule has 0 saturated carbocycles. The highest BCUT2D eigenvalue weighted by Gasteiger charge is 2.20. The zero-order chi connectivity index (χ0) is 14.1. The summed E-state index contributed by atoms with van der Waals surface area (Å²) in [6.07, 6.45) is 0.554. The Balaban J connectivity index is 4.09. The van der Waals surface area contributed by atoms with Crippen molar-refractivity contribution in [1.29, 1.82) is 0 Å². The highest BCUT2D eigenvalue weighted by Crippen LogP contribution is 2.00. The van der Waals surface area contributed by atoms with Crippen LogP contribution in [-0.2, 0) is 14.4 Å². The fourth-order valence-corrected chi connectivity index (χ4v) is 1.26. The van der Waals surface area contributed by atoms with Crippen molar-refractivity contribution >= 4 is 17.8 Å². The van der Waals surface area contributed by atoms with Crippen molar-refractivity contribution in [3.05, 3.63) is 0 Å². The number of hydrogen-bond acceptors (Lipinski definition) is 5. The molecule has 18 heavy (non-hydrogen) atoms. The molecule has 8 nitrogen and oxygen atoms in total. The largest absolute Gasteiger partial charge is 0.480 e. The van der Waals surface area contributed by atoms with E-state index in [4.69, 9.17) is 21.7 Å². The molecule has 0 aromatic heterocycles. The lowest BCUT2D eigenvalue weighted by Gasteiger charge is -2.14. The smallest absolute Gasteiger partial charge is 0.326 e. The molecule has 0 spiro atoms. The third-order valence-electron chi connectivity index (χ3n) is 2.33. The molecule has 8 heteroatoms. The normalized spacial score (nSPS) is 13.7. The van der Waals surface area contributed by atoms with Gasteiger partial charge in [0.15, 0.2) is 0 Å². The van der Waals surface area contributed by atoms with Crippen LogP contribution in [0.4, 0.5) is 0 Å². The zero-order valence-electron chi connectivity index (χ0n) is 9.96. The molecule has 0 aliphatic carbocycles. The van der Waals surface area contributed by atoms with Gasteiger partial charge in [-0.3, -0.25) is 9.59 Å². The lowest BCUT2D eigenvalue weighted by Crippen LogP contribution is -2.42. The molecule has 0 aromatic rings. The summed E-state index contributed by atoms with van der Waals surface area (Å²) in [4.78, 5) is 32.6. The third-order valence-corrected chi connectivity index (χ3v) is 2.33. The fourth-order valence-electron chi connectivity index (χ4n) is 1.26. The Morgan fingerprint density at radius 2 is 1.72 bits per heavy atom. The summed E-state index contributed by atoms with van der Waals surface area (Å²) in [6.45, 7) is 0.337. The second-order valence-corrected chi connectivity index (χ2v) is 3.87. The minimum Gasteiger partial charge on any atom is -0.480 e. The Morgan fingerprint density at radius 1 is 1.11 bits per heavy atom. The van der Waals surface area contributed by atoms with E-state index < -0.39 is 29.9 Å². The molecular formula is C10H19N3O5. The molecule has 0 fully saturated rings. The molecule has 0 saturated heterocycles. The number of carbonyl (C=O) groups is 3. The number of carboxylic acids is 2. The van der Waals surface area contributed by atoms with Crippen LogP contribution in [0.1, 0.15) is 25.7 Å². The Kier molecular flexibility index (Phi) is 7.64. The van der Waals surface area contributed by atoms with Crippen molar-refractivity contribution in [2.45, 2.75) is 37.8 Å². The molecule has 0 radical (unpaired) electrons. The van der Waals surface area contributed by atoms with Gasteiger partial charge in [0.2, 0.25) is 5.91 Å². The van der Waals surface area contributed by atoms with Crippen molar-refractivity contribution in [1.82, 2.24) is 5.32 Å². The van der Waals surface area contributed by atoms with Crippen LogP contribution in [0.15, 0.2) is 0 Å². The predicted molar refractivity (Wildman–Crippen MR) is 62.7 cm³/mol. The number of carboxylic acid groups (broad SMARTS) is 2. The standard InChI is InChI=1S/C10H19N3O5/c11-5-1-2-7(10(17)18)13-8(14)4-3-6(12)9(15)16/h6-7H,1-5,11-12H2,(H,13,14)(H,15,16)(H,17,18)/t6-,7+/m0/s1. The van der Waals surface area contributed by atoms with Crippen molar-refractivity contribution in [3.8, 4) is 0 Å². The summed E-state index contributed by atoms with van der Waals surface area (Å²) in [7, 11) is 0. The highest BCUT2D eigenvalue weighted by atomic mass is 16.4. The molecule has 0 heterocycles. The molecule has 2 atom stereocenters. The Hall–Kier alpha value is -1.67. The fraction of sp³-hybridized carbons (Fsp3) is 0.700. The van der Waals surface area contributed by atoms with Crippen LogP contribution >= 0.6 is 0 Å². The average molecular weight is 261 g/mol. The van der Waals surface area contributed by atoms with Crippen LogP contribution in [0.5, 0.6) is 0 Å². The molecule has 0 bridgehead atoms. The monoisotopic (exact) mass is 261 g/mol. The molecule has 7 N–H and O–H groups in total. The van der Waals surface area contributed by atoms with Crippen molar-refractivity contribution in [2.24, 2.45) is 11.5 Å². The van der Waals surface area contributed by atoms with Gasteiger partial charge in [-0.05, 0) is 25.8 Å². The van der Waals surface area contributed by atoms with Crippen LogP contribution in [0, 0.1) is 0 Å². The van der Waals surface area contributed by atoms with Gasteiger partial charge in [0.25, 0.3) is 0 Å². The number of nitrogens with one attached hydrogen (secondary N) is 1. The number of hydrogen-bond donors (Lipinski definition) is 5. The number of aliphatic carboxylic acids is 2. The Bertz CT molecular complexity index is 308. The Morgan fingerprint density at radius 3 is 2.17 bits per heavy atom. The minimum atomic E-state index is -1.19. The van der Waals surface area contributed by atoms with Gasteiger partial charge in [-0.2, -0.15) is 0 Å². The number of nitrogens with two attached hydrogens (primary N) is 2. The van der Waals surface area contributed by atoms with E-state index in [9.17, 15) is 14.4 Å².